The van der Waals surface area contributed by atoms with E-state index in [-0.39, 0.29) is 23.7 Å². The molecule has 0 aliphatic carbocycles. The number of carbonyl (C=O) groups is 3. The van der Waals surface area contributed by atoms with E-state index in [1.54, 1.807) is 24.3 Å². The Balaban J connectivity index is 0.000000908. The third kappa shape index (κ3) is 12.1. The number of likely N-dealkylation sites (tertiary alicyclic amines) is 1. The molecule has 0 radical (unpaired) electrons. The monoisotopic (exact) mass is 740 g/mol. The molecule has 51 heavy (non-hydrogen) atoms. The number of halogens is 4. The number of urea groups is 1. The summed E-state index contributed by atoms with van der Waals surface area (Å²) in [6.45, 7) is 4.88. The number of quaternary nitrogens is 1. The highest BCUT2D eigenvalue weighted by atomic mass is 32.2. The van der Waals surface area contributed by atoms with E-state index >= 15 is 0 Å². The molecule has 0 spiro atoms. The van der Waals surface area contributed by atoms with Crippen LogP contribution in [-0.4, -0.2) is 88.9 Å². The lowest BCUT2D eigenvalue weighted by Gasteiger charge is -2.38. The molecule has 12 nitrogen and oxygen atoms in total. The van der Waals surface area contributed by atoms with Crippen molar-refractivity contribution in [2.45, 2.75) is 57.1 Å². The maximum Gasteiger partial charge on any atom is 0.496 e. The second-order valence-corrected chi connectivity index (χ2v) is 14.6. The molecule has 3 aromatic carbocycles. The number of benzene rings is 3. The Labute approximate surface area is 292 Å². The van der Waals surface area contributed by atoms with Crippen molar-refractivity contribution in [1.29, 1.82) is 0 Å². The Morgan fingerprint density at radius 2 is 1.53 bits per heavy atom. The molecule has 1 aliphatic rings. The fraction of sp³-hybridized carbons (Fsp3) is 0.353. The predicted molar refractivity (Wildman–Crippen MR) is 179 cm³/mol. The summed E-state index contributed by atoms with van der Waals surface area (Å²) in [5.41, 5.74) is 8.67. The molecule has 1 fully saturated rings. The van der Waals surface area contributed by atoms with Gasteiger partial charge in [-0.2, -0.15) is 31.0 Å². The van der Waals surface area contributed by atoms with Crippen LogP contribution in [-0.2, 0) is 32.7 Å². The van der Waals surface area contributed by atoms with Gasteiger partial charge in [-0.05, 0) is 67.9 Å². The molecule has 1 saturated heterocycles. The number of hydrogen-bond acceptors (Lipinski definition) is 7. The molecule has 2 atom stereocenters. The summed E-state index contributed by atoms with van der Waals surface area (Å²) in [4.78, 5) is 35.8. The highest BCUT2D eigenvalue weighted by Gasteiger charge is 2.40. The second kappa shape index (κ2) is 16.8. The van der Waals surface area contributed by atoms with Gasteiger partial charge in [-0.1, -0.05) is 24.3 Å². The van der Waals surface area contributed by atoms with Crippen molar-refractivity contribution in [2.75, 3.05) is 25.5 Å². The number of hydrogen-bond donors (Lipinski definition) is 4. The number of nitrogens with two attached hydrogens (primary N) is 1. The van der Waals surface area contributed by atoms with Gasteiger partial charge >= 0.3 is 28.3 Å². The number of carbonyl (C=O) groups excluding carboxylic acids is 2. The Kier molecular flexibility index (Phi) is 13.3. The van der Waals surface area contributed by atoms with Crippen molar-refractivity contribution in [3.8, 4) is 11.5 Å². The Bertz CT molecular complexity index is 1830. The van der Waals surface area contributed by atoms with E-state index in [9.17, 15) is 40.7 Å². The molecule has 0 aromatic heterocycles. The zero-order valence-corrected chi connectivity index (χ0v) is 28.9. The van der Waals surface area contributed by atoms with Gasteiger partial charge in [0.1, 0.15) is 41.8 Å². The van der Waals surface area contributed by atoms with Gasteiger partial charge in [0.05, 0.1) is 18.8 Å². The summed E-state index contributed by atoms with van der Waals surface area (Å²) in [6, 6.07) is 17.0. The molecule has 3 amide bonds. The zero-order valence-electron chi connectivity index (χ0n) is 28.1. The van der Waals surface area contributed by atoms with Gasteiger partial charge < -0.3 is 24.6 Å². The molecule has 0 bridgehead atoms. The summed E-state index contributed by atoms with van der Waals surface area (Å²) in [5, 5.41) is 19.0. The first-order chi connectivity index (χ1) is 23.7. The molecule has 3 aromatic rings. The minimum Gasteiger partial charge on any atom is -0.508 e. The van der Waals surface area contributed by atoms with Crippen LogP contribution in [0.3, 0.4) is 0 Å². The fourth-order valence-corrected chi connectivity index (χ4v) is 5.89. The first kappa shape index (κ1) is 40.4. The van der Waals surface area contributed by atoms with Gasteiger partial charge in [0.25, 0.3) is 5.91 Å². The van der Waals surface area contributed by atoms with Crippen LogP contribution in [0.1, 0.15) is 37.8 Å². The van der Waals surface area contributed by atoms with Gasteiger partial charge in [0.15, 0.2) is 6.04 Å². The number of carboxylic acid groups (broad SMARTS) is 1. The van der Waals surface area contributed by atoms with E-state index in [0.29, 0.717) is 35.2 Å². The van der Waals surface area contributed by atoms with Crippen molar-refractivity contribution in [3.63, 3.8) is 0 Å². The smallest absolute Gasteiger partial charge is 0.496 e. The average Bonchev–Trinajstić information content (AvgIpc) is 3.03. The normalized spacial score (nSPS) is 17.8. The van der Waals surface area contributed by atoms with Crippen LogP contribution in [0.25, 0.3) is 0 Å². The van der Waals surface area contributed by atoms with Crippen molar-refractivity contribution in [2.24, 2.45) is 5.73 Å². The van der Waals surface area contributed by atoms with Crippen LogP contribution in [0, 0.1) is 5.82 Å². The molecule has 4 rings (SSSR count). The lowest BCUT2D eigenvalue weighted by molar-refractivity contribution is -0.918. The molecule has 1 unspecified atom stereocenters. The van der Waals surface area contributed by atoms with Gasteiger partial charge in [-0.15, -0.1) is 0 Å². The fourth-order valence-electron chi connectivity index (χ4n) is 5.31. The number of rotatable bonds is 10. The second-order valence-electron chi connectivity index (χ2n) is 12.5. The highest BCUT2D eigenvalue weighted by Crippen LogP contribution is 2.23. The average molecular weight is 741 g/mol. The van der Waals surface area contributed by atoms with E-state index in [0.717, 1.165) is 24.2 Å². The van der Waals surface area contributed by atoms with E-state index in [2.05, 4.69) is 12.4 Å². The molecule has 17 heteroatoms. The van der Waals surface area contributed by atoms with Crippen LogP contribution in [0.4, 0.5) is 28.0 Å². The van der Waals surface area contributed by atoms with Gasteiger partial charge in [0, 0.05) is 24.8 Å². The third-order valence-electron chi connectivity index (χ3n) is 7.91. The van der Waals surface area contributed by atoms with E-state index in [1.807, 2.05) is 0 Å². The maximum absolute atomic E-state index is 14.0. The summed E-state index contributed by atoms with van der Waals surface area (Å²) in [6.07, 6.45) is -3.66. The standard InChI is InChI=1S/C32H37FN4O6S.C2HF3O2/c1-22(2)44(41,42)43-29-16-12-26(13-17-29)35-32(40)36(30(31(34)39)19-23-8-14-28(38)15-9-23)27-5-4-18-37(3,21-27)20-24-6-10-25(33)11-7-24;3-2(4,5)1(6)7/h6-17,22,30H,4-5,18-21H2,1-3H3,(H2-2,34,35,38,39,40);(H,6,7)/p+2/b36-27+;/t30-,37?;/m0./s1. The van der Waals surface area contributed by atoms with Gasteiger partial charge in [-0.25, -0.2) is 14.5 Å². The van der Waals surface area contributed by atoms with Crippen LogP contribution >= 0.6 is 0 Å². The third-order valence-corrected chi connectivity index (χ3v) is 9.49. The Hall–Kier alpha value is -5.03. The van der Waals surface area contributed by atoms with E-state index in [1.165, 1.54) is 67.0 Å². The summed E-state index contributed by atoms with van der Waals surface area (Å²) in [7, 11) is -1.73. The van der Waals surface area contributed by atoms with Crippen LogP contribution in [0.2, 0.25) is 0 Å². The molecular weight excluding hydrogens is 700 g/mol. The number of carboxylic acids is 1. The highest BCUT2D eigenvalue weighted by molar-refractivity contribution is 7.87. The number of phenols is 1. The topological polar surface area (TPSA) is 176 Å². The minimum absolute atomic E-state index is 0.0723. The van der Waals surface area contributed by atoms with Gasteiger partial charge in [0.2, 0.25) is 0 Å². The zero-order chi connectivity index (χ0) is 38.1. The van der Waals surface area contributed by atoms with E-state index < -0.39 is 45.5 Å². The number of piperidine rings is 1. The van der Waals surface area contributed by atoms with Crippen LogP contribution in [0.15, 0.2) is 72.8 Å². The number of alkyl halides is 3. The lowest BCUT2D eigenvalue weighted by Crippen LogP contribution is -2.56. The maximum atomic E-state index is 14.0. The molecule has 1 heterocycles. The molecular formula is C34H40F4N4O8S+2. The summed E-state index contributed by atoms with van der Waals surface area (Å²) in [5.74, 6) is -3.59. The lowest BCUT2D eigenvalue weighted by atomic mass is 10.0. The van der Waals surface area contributed by atoms with E-state index in [4.69, 9.17) is 19.8 Å². The predicted octanol–water partition coefficient (Wildman–Crippen LogP) is 4.80. The number of anilines is 1. The largest absolute Gasteiger partial charge is 0.508 e. The summed E-state index contributed by atoms with van der Waals surface area (Å²) < 4.78 is 76.7. The van der Waals surface area contributed by atoms with Crippen LogP contribution in [0.5, 0.6) is 11.5 Å². The van der Waals surface area contributed by atoms with Crippen molar-refractivity contribution >= 4 is 39.4 Å². The number of nitrogens with one attached hydrogen (secondary N) is 1. The number of nitrogens with zero attached hydrogens (tertiary/aromatic N) is 2. The van der Waals surface area contributed by atoms with Gasteiger partial charge in [-0.3, -0.25) is 4.79 Å². The molecule has 1 aliphatic heterocycles. The number of aromatic hydroxyl groups is 1. The molecule has 0 saturated carbocycles. The minimum atomic E-state index is -5.08. The van der Waals surface area contributed by atoms with Crippen LogP contribution < -0.4 is 15.2 Å². The SMILES string of the molecule is CC(C)S(=O)(=O)Oc1ccc(NC(=O)/[N+](=C2\CCC[N+](C)(Cc3ccc(F)cc3)C2)[C@@H](Cc2ccc(O)cc2)C(N)=O)cc1.O=C(O)C(F)(F)F. The molecule has 5 N–H and O–H groups in total. The van der Waals surface area contributed by atoms with Crippen molar-refractivity contribution < 1.29 is 63.8 Å². The number of phenolic OH excluding ortho intramolecular Hbond substituents is 1. The first-order valence-corrected chi connectivity index (χ1v) is 17.1. The van der Waals surface area contributed by atoms with Crippen molar-refractivity contribution in [3.05, 3.63) is 89.7 Å². The summed E-state index contributed by atoms with van der Waals surface area (Å²) >= 11 is 0. The Morgan fingerprint density at radius 1 is 0.980 bits per heavy atom. The Morgan fingerprint density at radius 3 is 2.04 bits per heavy atom. The van der Waals surface area contributed by atoms with Crippen molar-refractivity contribution in [1.82, 2.24) is 0 Å². The quantitative estimate of drug-likeness (QED) is 0.0992. The number of amides is 3. The number of primary amides is 1. The molecule has 276 valence electrons. The number of aliphatic carboxylic acids is 1. The first-order valence-electron chi connectivity index (χ1n) is 15.6.